The summed E-state index contributed by atoms with van der Waals surface area (Å²) in [5, 5.41) is 0. The van der Waals surface area contributed by atoms with Gasteiger partial charge < -0.3 is 9.47 Å². The highest BCUT2D eigenvalue weighted by atomic mass is 16.5. The summed E-state index contributed by atoms with van der Waals surface area (Å²) in [5.74, 6) is -0.833. The van der Waals surface area contributed by atoms with Gasteiger partial charge in [-0.15, -0.1) is 0 Å². The molecule has 4 heteroatoms. The van der Waals surface area contributed by atoms with E-state index in [2.05, 4.69) is 0 Å². The van der Waals surface area contributed by atoms with Crippen LogP contribution in [0.15, 0.2) is 54.6 Å². The molecule has 0 saturated heterocycles. The average Bonchev–Trinajstić information content (AvgIpc) is 2.53. The number of Topliss-reactive ketones (excluding diaryl/α,β-unsaturated/α-hetero) is 1. The Hall–Kier alpha value is -2.62. The molecule has 0 fully saturated rings. The van der Waals surface area contributed by atoms with Crippen LogP contribution in [0.2, 0.25) is 0 Å². The van der Waals surface area contributed by atoms with Crippen molar-refractivity contribution in [3.05, 3.63) is 65.7 Å². The number of carbonyl (C=O) groups excluding carboxylic acids is 2. The lowest BCUT2D eigenvalue weighted by molar-refractivity contribution is -0.139. The Balaban J connectivity index is 1.97. The van der Waals surface area contributed by atoms with E-state index in [1.54, 1.807) is 61.7 Å². The minimum Gasteiger partial charge on any atom is -0.497 e. The Morgan fingerprint density at radius 3 is 2.45 bits per heavy atom. The zero-order chi connectivity index (χ0) is 14.4. The Morgan fingerprint density at radius 1 is 1.00 bits per heavy atom. The van der Waals surface area contributed by atoms with Crippen molar-refractivity contribution in [2.45, 2.75) is 6.61 Å². The van der Waals surface area contributed by atoms with Crippen LogP contribution in [0, 0.1) is 0 Å². The van der Waals surface area contributed by atoms with Crippen molar-refractivity contribution in [3.63, 3.8) is 0 Å². The minimum absolute atomic E-state index is 0.0363. The highest BCUT2D eigenvalue weighted by Gasteiger charge is 2.17. The van der Waals surface area contributed by atoms with Gasteiger partial charge in [-0.3, -0.25) is 4.79 Å². The van der Waals surface area contributed by atoms with Crippen LogP contribution in [0.5, 0.6) is 5.75 Å². The van der Waals surface area contributed by atoms with Crippen molar-refractivity contribution >= 4 is 11.8 Å². The van der Waals surface area contributed by atoms with Crippen molar-refractivity contribution in [1.82, 2.24) is 0 Å². The first-order valence-electron chi connectivity index (χ1n) is 6.10. The van der Waals surface area contributed by atoms with Crippen molar-refractivity contribution in [1.29, 1.82) is 0 Å². The van der Waals surface area contributed by atoms with E-state index in [4.69, 9.17) is 9.47 Å². The molecule has 0 heterocycles. The zero-order valence-corrected chi connectivity index (χ0v) is 11.0. The van der Waals surface area contributed by atoms with E-state index in [0.29, 0.717) is 11.3 Å². The molecule has 0 bridgehead atoms. The average molecular weight is 270 g/mol. The van der Waals surface area contributed by atoms with Crippen LogP contribution >= 0.6 is 0 Å². The molecular weight excluding hydrogens is 256 g/mol. The minimum atomic E-state index is -0.862. The third-order valence-corrected chi connectivity index (χ3v) is 2.73. The molecular formula is C16H14O4. The Bertz CT molecular complexity index is 605. The van der Waals surface area contributed by atoms with Gasteiger partial charge in [0, 0.05) is 5.56 Å². The predicted molar refractivity (Wildman–Crippen MR) is 73.6 cm³/mol. The molecule has 102 valence electrons. The smallest absolute Gasteiger partial charge is 0.380 e. The van der Waals surface area contributed by atoms with Crippen LogP contribution in [0.3, 0.4) is 0 Å². The summed E-state index contributed by atoms with van der Waals surface area (Å²) < 4.78 is 10.1. The van der Waals surface area contributed by atoms with E-state index in [1.165, 1.54) is 0 Å². The van der Waals surface area contributed by atoms with Crippen molar-refractivity contribution < 1.29 is 19.1 Å². The molecule has 20 heavy (non-hydrogen) atoms. The second-order valence-corrected chi connectivity index (χ2v) is 4.12. The maximum atomic E-state index is 11.8. The standard InChI is InChI=1S/C16H14O4/c1-19-14-9-5-6-12(10-14)11-20-16(18)15(17)13-7-3-2-4-8-13/h2-10H,11H2,1H3. The molecule has 2 aromatic carbocycles. The second kappa shape index (κ2) is 6.52. The first kappa shape index (κ1) is 13.8. The number of hydrogen-bond acceptors (Lipinski definition) is 4. The van der Waals surface area contributed by atoms with E-state index in [-0.39, 0.29) is 6.61 Å². The Kier molecular flexibility index (Phi) is 4.50. The molecule has 0 aliphatic carbocycles. The number of benzene rings is 2. The molecule has 0 N–H and O–H groups in total. The topological polar surface area (TPSA) is 52.6 Å². The van der Waals surface area contributed by atoms with Crippen molar-refractivity contribution in [2.75, 3.05) is 7.11 Å². The second-order valence-electron chi connectivity index (χ2n) is 4.12. The molecule has 0 radical (unpaired) electrons. The number of esters is 1. The first-order chi connectivity index (χ1) is 9.70. The first-order valence-corrected chi connectivity index (χ1v) is 6.10. The summed E-state index contributed by atoms with van der Waals surface area (Å²) in [5.41, 5.74) is 1.08. The van der Waals surface area contributed by atoms with Gasteiger partial charge in [0.1, 0.15) is 12.4 Å². The molecule has 0 aromatic heterocycles. The third-order valence-electron chi connectivity index (χ3n) is 2.73. The van der Waals surface area contributed by atoms with Crippen LogP contribution in [-0.4, -0.2) is 18.9 Å². The number of hydrogen-bond donors (Lipinski definition) is 0. The van der Waals surface area contributed by atoms with Crippen molar-refractivity contribution in [2.24, 2.45) is 0 Å². The van der Waals surface area contributed by atoms with E-state index in [9.17, 15) is 9.59 Å². The van der Waals surface area contributed by atoms with E-state index < -0.39 is 11.8 Å². The number of carbonyl (C=O) groups is 2. The maximum absolute atomic E-state index is 11.8. The van der Waals surface area contributed by atoms with Gasteiger partial charge >= 0.3 is 5.97 Å². The molecule has 4 nitrogen and oxygen atoms in total. The van der Waals surface area contributed by atoms with Gasteiger partial charge in [-0.2, -0.15) is 0 Å². The molecule has 0 atom stereocenters. The maximum Gasteiger partial charge on any atom is 0.380 e. The van der Waals surface area contributed by atoms with Crippen LogP contribution in [0.1, 0.15) is 15.9 Å². The molecule has 0 aliphatic heterocycles. The highest BCUT2D eigenvalue weighted by Crippen LogP contribution is 2.13. The molecule has 0 spiro atoms. The van der Waals surface area contributed by atoms with Crippen LogP contribution in [0.4, 0.5) is 0 Å². The number of methoxy groups -OCH3 is 1. The van der Waals surface area contributed by atoms with Gasteiger partial charge in [-0.05, 0) is 17.7 Å². The molecule has 0 unspecified atom stereocenters. The van der Waals surface area contributed by atoms with Crippen molar-refractivity contribution in [3.8, 4) is 5.75 Å². The highest BCUT2D eigenvalue weighted by molar-refractivity contribution is 6.40. The quantitative estimate of drug-likeness (QED) is 0.476. The molecule has 0 saturated carbocycles. The number of rotatable bonds is 5. The van der Waals surface area contributed by atoms with Crippen LogP contribution in [0.25, 0.3) is 0 Å². The monoisotopic (exact) mass is 270 g/mol. The normalized spacial score (nSPS) is 9.85. The van der Waals surface area contributed by atoms with E-state index in [1.807, 2.05) is 0 Å². The number of ether oxygens (including phenoxy) is 2. The molecule has 0 aliphatic rings. The fraction of sp³-hybridized carbons (Fsp3) is 0.125. The Labute approximate surface area is 116 Å². The summed E-state index contributed by atoms with van der Waals surface area (Å²) in [6, 6.07) is 15.5. The summed E-state index contributed by atoms with van der Waals surface area (Å²) in [6.07, 6.45) is 0. The summed E-state index contributed by atoms with van der Waals surface area (Å²) >= 11 is 0. The van der Waals surface area contributed by atoms with E-state index >= 15 is 0 Å². The van der Waals surface area contributed by atoms with Gasteiger partial charge in [0.05, 0.1) is 7.11 Å². The van der Waals surface area contributed by atoms with E-state index in [0.717, 1.165) is 5.56 Å². The fourth-order valence-corrected chi connectivity index (χ4v) is 1.68. The lowest BCUT2D eigenvalue weighted by Crippen LogP contribution is -2.17. The molecule has 2 rings (SSSR count). The lowest BCUT2D eigenvalue weighted by Gasteiger charge is -2.06. The molecule has 0 amide bonds. The Morgan fingerprint density at radius 2 is 1.75 bits per heavy atom. The number of ketones is 1. The van der Waals surface area contributed by atoms with Gasteiger partial charge in [0.15, 0.2) is 0 Å². The summed E-state index contributed by atoms with van der Waals surface area (Å²) in [4.78, 5) is 23.5. The zero-order valence-electron chi connectivity index (χ0n) is 11.0. The fourth-order valence-electron chi connectivity index (χ4n) is 1.68. The third kappa shape index (κ3) is 3.45. The largest absolute Gasteiger partial charge is 0.497 e. The van der Waals surface area contributed by atoms with Gasteiger partial charge in [0.2, 0.25) is 0 Å². The SMILES string of the molecule is COc1cccc(COC(=O)C(=O)c2ccccc2)c1. The molecule has 2 aromatic rings. The van der Waals surface area contributed by atoms with Crippen LogP contribution in [-0.2, 0) is 16.1 Å². The van der Waals surface area contributed by atoms with Gasteiger partial charge in [-0.25, -0.2) is 4.79 Å². The van der Waals surface area contributed by atoms with Gasteiger partial charge in [-0.1, -0.05) is 42.5 Å². The van der Waals surface area contributed by atoms with Gasteiger partial charge in [0.25, 0.3) is 5.78 Å². The predicted octanol–water partition coefficient (Wildman–Crippen LogP) is 2.62. The lowest BCUT2D eigenvalue weighted by atomic mass is 10.1. The summed E-state index contributed by atoms with van der Waals surface area (Å²) in [7, 11) is 1.56. The summed E-state index contributed by atoms with van der Waals surface area (Å²) in [6.45, 7) is 0.0363. The van der Waals surface area contributed by atoms with Crippen LogP contribution < -0.4 is 4.74 Å².